The number of nitrogens with zero attached hydrogens (tertiary/aromatic N) is 2. The molecule has 0 fully saturated rings. The Bertz CT molecular complexity index is 1990. The number of rotatable bonds is 12. The summed E-state index contributed by atoms with van der Waals surface area (Å²) in [7, 11) is 0. The molecule has 4 rings (SSSR count). The number of carbonyl (C=O) groups is 2. The van der Waals surface area contributed by atoms with Gasteiger partial charge in [0.25, 0.3) is 0 Å². The fourth-order valence-corrected chi connectivity index (χ4v) is 5.29. The molecular formula is C34H24Cl2F6N2O9. The van der Waals surface area contributed by atoms with Gasteiger partial charge in [-0.2, -0.15) is 26.3 Å². The van der Waals surface area contributed by atoms with Gasteiger partial charge in [-0.05, 0) is 64.1 Å². The van der Waals surface area contributed by atoms with Crippen LogP contribution in [0.25, 0.3) is 22.3 Å². The molecule has 0 radical (unpaired) electrons. The molecule has 53 heavy (non-hydrogen) atoms. The van der Waals surface area contributed by atoms with Gasteiger partial charge in [-0.15, -0.1) is 0 Å². The summed E-state index contributed by atoms with van der Waals surface area (Å²) in [5, 5.41) is 23.2. The molecule has 280 valence electrons. The van der Waals surface area contributed by atoms with E-state index in [1.54, 1.807) is 0 Å². The standard InChI is InChI=1S/C34H24Cl2F6N2O9/c1-15(45)17(3)51-31-25(43(47)48)9-11-27(29(31)21-7-5-19(13-23(21)35)33(37,38)39)53-28-12-10-26(44(49)50)32(52-18(4)16(2)46)30(28)22-8-6-20(14-24(22)36)34(40,41)42/h5-14,17-18H,1-4H3. The number of ether oxygens (including phenoxy) is 3. The van der Waals surface area contributed by atoms with Gasteiger partial charge < -0.3 is 14.2 Å². The lowest BCUT2D eigenvalue weighted by Gasteiger charge is -2.22. The molecule has 4 aromatic carbocycles. The smallest absolute Gasteiger partial charge is 0.416 e. The molecule has 4 aromatic rings. The Balaban J connectivity index is 2.14. The minimum Gasteiger partial charge on any atom is -0.475 e. The Morgan fingerprint density at radius 1 is 0.642 bits per heavy atom. The molecule has 0 saturated carbocycles. The molecule has 0 saturated heterocycles. The van der Waals surface area contributed by atoms with Gasteiger partial charge >= 0.3 is 23.7 Å². The molecular weight excluding hydrogens is 765 g/mol. The fourth-order valence-electron chi connectivity index (χ4n) is 4.74. The molecule has 0 spiro atoms. The van der Waals surface area contributed by atoms with E-state index in [2.05, 4.69) is 0 Å². The molecule has 0 heterocycles. The number of benzene rings is 4. The number of Topliss-reactive ketones (excluding diaryl/α,β-unsaturated/α-hetero) is 2. The third kappa shape index (κ3) is 8.80. The van der Waals surface area contributed by atoms with Crippen molar-refractivity contribution in [1.29, 1.82) is 0 Å². The monoisotopic (exact) mass is 788 g/mol. The summed E-state index contributed by atoms with van der Waals surface area (Å²) in [4.78, 5) is 47.0. The van der Waals surface area contributed by atoms with Gasteiger partial charge in [-0.3, -0.25) is 29.8 Å². The molecule has 0 aromatic heterocycles. The van der Waals surface area contributed by atoms with Gasteiger partial charge in [0.05, 0.1) is 32.1 Å². The van der Waals surface area contributed by atoms with E-state index in [4.69, 9.17) is 37.4 Å². The summed E-state index contributed by atoms with van der Waals surface area (Å²) in [6.07, 6.45) is -12.5. The molecule has 2 unspecified atom stereocenters. The van der Waals surface area contributed by atoms with Crippen molar-refractivity contribution in [2.75, 3.05) is 0 Å². The van der Waals surface area contributed by atoms with Crippen LogP contribution in [0.2, 0.25) is 10.0 Å². The molecule has 11 nitrogen and oxygen atoms in total. The van der Waals surface area contributed by atoms with Gasteiger partial charge in [0.1, 0.15) is 11.5 Å². The predicted octanol–water partition coefficient (Wildman–Crippen LogP) is 10.7. The largest absolute Gasteiger partial charge is 0.475 e. The van der Waals surface area contributed by atoms with Gasteiger partial charge in [-0.25, -0.2) is 0 Å². The zero-order valence-corrected chi connectivity index (χ0v) is 29.0. The highest BCUT2D eigenvalue weighted by molar-refractivity contribution is 6.34. The number of alkyl halides is 6. The molecule has 19 heteroatoms. The summed E-state index contributed by atoms with van der Waals surface area (Å²) >= 11 is 12.7. The first-order chi connectivity index (χ1) is 24.5. The highest BCUT2D eigenvalue weighted by Crippen LogP contribution is 2.53. The molecule has 0 amide bonds. The van der Waals surface area contributed by atoms with Gasteiger partial charge in [0.15, 0.2) is 23.8 Å². The van der Waals surface area contributed by atoms with E-state index < -0.39 is 113 Å². The Morgan fingerprint density at radius 3 is 1.25 bits per heavy atom. The van der Waals surface area contributed by atoms with Gasteiger partial charge in [-0.1, -0.05) is 35.3 Å². The van der Waals surface area contributed by atoms with Crippen LogP contribution < -0.4 is 14.2 Å². The van der Waals surface area contributed by atoms with Gasteiger partial charge in [0.2, 0.25) is 11.5 Å². The highest BCUT2D eigenvalue weighted by Gasteiger charge is 2.36. The van der Waals surface area contributed by atoms with Crippen molar-refractivity contribution in [3.05, 3.63) is 102 Å². The minimum atomic E-state index is -4.87. The van der Waals surface area contributed by atoms with E-state index in [0.717, 1.165) is 50.2 Å². The second kappa shape index (κ2) is 15.3. The Hall–Kier alpha value is -5.42. The van der Waals surface area contributed by atoms with E-state index >= 15 is 0 Å². The zero-order chi connectivity index (χ0) is 39.7. The van der Waals surface area contributed by atoms with Crippen LogP contribution in [0.1, 0.15) is 38.8 Å². The lowest BCUT2D eigenvalue weighted by molar-refractivity contribution is -0.386. The minimum absolute atomic E-state index is 0.332. The van der Waals surface area contributed by atoms with Crippen LogP contribution in [-0.4, -0.2) is 33.6 Å². The summed E-state index contributed by atoms with van der Waals surface area (Å²) in [6, 6.07) is 7.65. The first-order valence-electron chi connectivity index (χ1n) is 14.9. The molecule has 0 aliphatic heterocycles. The number of nitro groups is 2. The topological polar surface area (TPSA) is 148 Å². The molecule has 2 atom stereocenters. The van der Waals surface area contributed by atoms with Crippen molar-refractivity contribution >= 4 is 46.1 Å². The van der Waals surface area contributed by atoms with Crippen LogP contribution in [0.15, 0.2) is 60.7 Å². The number of nitro benzene ring substituents is 2. The van der Waals surface area contributed by atoms with E-state index in [9.17, 15) is 56.2 Å². The lowest BCUT2D eigenvalue weighted by Crippen LogP contribution is -2.22. The number of hydrogen-bond acceptors (Lipinski definition) is 9. The zero-order valence-electron chi connectivity index (χ0n) is 27.5. The molecule has 0 bridgehead atoms. The first kappa shape index (κ1) is 40.4. The average molecular weight is 789 g/mol. The maximum absolute atomic E-state index is 13.6. The fraction of sp³-hybridized carbons (Fsp3) is 0.235. The van der Waals surface area contributed by atoms with Crippen LogP contribution in [0.5, 0.6) is 23.0 Å². The Labute approximate surface area is 305 Å². The summed E-state index contributed by atoms with van der Waals surface area (Å²) in [6.45, 7) is 4.67. The van der Waals surface area contributed by atoms with Gasteiger partial charge in [0, 0.05) is 33.3 Å². The van der Waals surface area contributed by atoms with E-state index in [1.807, 2.05) is 0 Å². The first-order valence-corrected chi connectivity index (χ1v) is 15.7. The second-order valence-corrected chi connectivity index (χ2v) is 12.1. The number of halogens is 8. The van der Waals surface area contributed by atoms with E-state index in [-0.39, 0.29) is 11.1 Å². The number of hydrogen-bond donors (Lipinski definition) is 0. The highest BCUT2D eigenvalue weighted by atomic mass is 35.5. The van der Waals surface area contributed by atoms with E-state index in [1.165, 1.54) is 13.8 Å². The maximum Gasteiger partial charge on any atom is 0.416 e. The van der Waals surface area contributed by atoms with Crippen LogP contribution >= 0.6 is 23.2 Å². The molecule has 0 N–H and O–H groups in total. The third-order valence-corrected chi connectivity index (χ3v) is 8.30. The molecule has 0 aliphatic carbocycles. The number of ketones is 2. The summed E-state index contributed by atoms with van der Waals surface area (Å²) < 4.78 is 99.0. The average Bonchev–Trinajstić information content (AvgIpc) is 3.04. The quantitative estimate of drug-likeness (QED) is 0.0776. The van der Waals surface area contributed by atoms with Crippen LogP contribution in [0, 0.1) is 20.2 Å². The van der Waals surface area contributed by atoms with E-state index in [0.29, 0.717) is 24.3 Å². The second-order valence-electron chi connectivity index (χ2n) is 11.3. The summed E-state index contributed by atoms with van der Waals surface area (Å²) in [5.41, 5.74) is -5.56. The van der Waals surface area contributed by atoms with Crippen LogP contribution in [0.4, 0.5) is 37.7 Å². The van der Waals surface area contributed by atoms with Crippen molar-refractivity contribution in [3.63, 3.8) is 0 Å². The van der Waals surface area contributed by atoms with Crippen molar-refractivity contribution in [2.45, 2.75) is 52.3 Å². The summed E-state index contributed by atoms with van der Waals surface area (Å²) in [5.74, 6) is -3.54. The van der Waals surface area contributed by atoms with Crippen molar-refractivity contribution < 1.29 is 60.0 Å². The molecule has 0 aliphatic rings. The number of carbonyl (C=O) groups excluding carboxylic acids is 2. The van der Waals surface area contributed by atoms with Crippen LogP contribution in [0.3, 0.4) is 0 Å². The van der Waals surface area contributed by atoms with Crippen molar-refractivity contribution in [1.82, 2.24) is 0 Å². The maximum atomic E-state index is 13.6. The van der Waals surface area contributed by atoms with Crippen molar-refractivity contribution in [3.8, 4) is 45.3 Å². The normalized spacial score (nSPS) is 12.8. The predicted molar refractivity (Wildman–Crippen MR) is 179 cm³/mol. The van der Waals surface area contributed by atoms with Crippen molar-refractivity contribution in [2.24, 2.45) is 0 Å². The lowest BCUT2D eigenvalue weighted by atomic mass is 9.99. The third-order valence-electron chi connectivity index (χ3n) is 7.68. The SMILES string of the molecule is CC(=O)C(C)Oc1c([N+](=O)[O-])ccc(Oc2ccc([N+](=O)[O-])c(OC(C)C(C)=O)c2-c2ccc(C(F)(F)F)cc2Cl)c1-c1ccc(C(F)(F)F)cc1Cl. The Kier molecular flexibility index (Phi) is 11.6. The Morgan fingerprint density at radius 2 is 0.981 bits per heavy atom. The van der Waals surface area contributed by atoms with Crippen LogP contribution in [-0.2, 0) is 21.9 Å².